The number of ether oxygens (including phenoxy) is 3. The van der Waals surface area contributed by atoms with Crippen LogP contribution >= 0.6 is 22.6 Å². The van der Waals surface area contributed by atoms with Gasteiger partial charge in [-0.05, 0) is 91.0 Å². The number of carbonyl (C=O) groups is 3. The summed E-state index contributed by atoms with van der Waals surface area (Å²) in [5.41, 5.74) is -3.05. The Bertz CT molecular complexity index is 894. The van der Waals surface area contributed by atoms with Gasteiger partial charge in [-0.15, -0.1) is 5.01 Å². The highest BCUT2D eigenvalue weighted by molar-refractivity contribution is 14.1. The molecule has 0 aromatic carbocycles. The van der Waals surface area contributed by atoms with E-state index in [2.05, 4.69) is 4.98 Å². The number of halogens is 1. The summed E-state index contributed by atoms with van der Waals surface area (Å²) in [6.07, 6.45) is -2.21. The number of hydrogen-bond donors (Lipinski definition) is 0. The van der Waals surface area contributed by atoms with Gasteiger partial charge in [-0.25, -0.2) is 19.4 Å². The van der Waals surface area contributed by atoms with Crippen LogP contribution in [0.1, 0.15) is 67.9 Å². The van der Waals surface area contributed by atoms with E-state index in [0.29, 0.717) is 13.6 Å². The first-order chi connectivity index (χ1) is 14.4. The number of carbonyl (C=O) groups excluding carboxylic acids is 3. The molecular formula is C21H29IN4O6. The fourth-order valence-corrected chi connectivity index (χ4v) is 2.63. The van der Waals surface area contributed by atoms with Crippen molar-refractivity contribution >= 4 is 46.7 Å². The number of pyridine rings is 1. The molecule has 0 saturated heterocycles. The minimum atomic E-state index is -1.21. The summed E-state index contributed by atoms with van der Waals surface area (Å²) in [4.78, 5) is 43.5. The van der Waals surface area contributed by atoms with Gasteiger partial charge in [0, 0.05) is 9.77 Å². The van der Waals surface area contributed by atoms with E-state index >= 15 is 0 Å². The van der Waals surface area contributed by atoms with Crippen LogP contribution in [-0.2, 0) is 14.2 Å². The molecule has 0 bridgehead atoms. The number of hydrazine groups is 1. The third-order valence-corrected chi connectivity index (χ3v) is 3.99. The van der Waals surface area contributed by atoms with Gasteiger partial charge in [0.1, 0.15) is 28.4 Å². The number of nitriles is 1. The topological polar surface area (TPSA) is 122 Å². The molecule has 3 amide bonds. The summed E-state index contributed by atoms with van der Waals surface area (Å²) in [5.74, 6) is -0.287. The van der Waals surface area contributed by atoms with Crippen molar-refractivity contribution in [2.75, 3.05) is 5.01 Å². The molecule has 0 saturated carbocycles. The van der Waals surface area contributed by atoms with E-state index in [1.807, 2.05) is 28.7 Å². The van der Waals surface area contributed by atoms with Crippen molar-refractivity contribution in [2.24, 2.45) is 0 Å². The summed E-state index contributed by atoms with van der Waals surface area (Å²) in [6.45, 7) is 14.4. The highest BCUT2D eigenvalue weighted by Gasteiger charge is 2.43. The van der Waals surface area contributed by atoms with Gasteiger partial charge in [-0.1, -0.05) is 0 Å². The number of imide groups is 1. The van der Waals surface area contributed by atoms with Gasteiger partial charge in [-0.3, -0.25) is 0 Å². The monoisotopic (exact) mass is 560 g/mol. The number of hydrogen-bond acceptors (Lipinski definition) is 8. The molecule has 11 heteroatoms. The maximum atomic E-state index is 13.2. The zero-order chi connectivity index (χ0) is 25.1. The van der Waals surface area contributed by atoms with Crippen LogP contribution in [0.2, 0.25) is 0 Å². The largest absolute Gasteiger partial charge is 0.442 e. The summed E-state index contributed by atoms with van der Waals surface area (Å²) >= 11 is 1.88. The van der Waals surface area contributed by atoms with E-state index in [-0.39, 0.29) is 11.4 Å². The van der Waals surface area contributed by atoms with Crippen molar-refractivity contribution < 1.29 is 28.6 Å². The quantitative estimate of drug-likeness (QED) is 0.255. The molecule has 0 radical (unpaired) electrons. The Balaban J connectivity index is 3.78. The molecule has 0 fully saturated rings. The second-order valence-electron chi connectivity index (χ2n) is 9.67. The average Bonchev–Trinajstić information content (AvgIpc) is 2.54. The van der Waals surface area contributed by atoms with Gasteiger partial charge in [-0.2, -0.15) is 10.3 Å². The number of nitrogens with zero attached hydrogens (tertiary/aromatic N) is 4. The molecule has 10 nitrogen and oxygen atoms in total. The van der Waals surface area contributed by atoms with Gasteiger partial charge in [0.05, 0.1) is 0 Å². The molecule has 1 aromatic rings. The molecule has 0 spiro atoms. The molecule has 1 aromatic heterocycles. The standard InChI is InChI=1S/C21H29IN4O6/c1-19(2,3)30-16(27)25(15-13(12-23)14(22)10-11-24-15)26(17(28)31-20(4,5)6)18(29)32-21(7,8)9/h10-11H,1-9H3. The van der Waals surface area contributed by atoms with Crippen molar-refractivity contribution in [3.63, 3.8) is 0 Å². The smallest absolute Gasteiger partial charge is 0.440 e. The third kappa shape index (κ3) is 8.14. The molecule has 0 N–H and O–H groups in total. The molecule has 1 rings (SSSR count). The zero-order valence-electron chi connectivity index (χ0n) is 19.8. The van der Waals surface area contributed by atoms with E-state index in [0.717, 1.165) is 0 Å². The van der Waals surface area contributed by atoms with E-state index in [1.165, 1.54) is 6.20 Å². The van der Waals surface area contributed by atoms with Crippen molar-refractivity contribution in [1.29, 1.82) is 5.26 Å². The van der Waals surface area contributed by atoms with E-state index in [9.17, 15) is 19.6 Å². The molecule has 32 heavy (non-hydrogen) atoms. The predicted octanol–water partition coefficient (Wildman–Crippen LogP) is 5.39. The van der Waals surface area contributed by atoms with Crippen LogP contribution in [0.3, 0.4) is 0 Å². The van der Waals surface area contributed by atoms with Crippen molar-refractivity contribution in [3.05, 3.63) is 21.4 Å². The van der Waals surface area contributed by atoms with Gasteiger partial charge < -0.3 is 14.2 Å². The predicted molar refractivity (Wildman–Crippen MR) is 125 cm³/mol. The molecule has 0 aliphatic rings. The Morgan fingerprint density at radius 3 is 1.66 bits per heavy atom. The fraction of sp³-hybridized carbons (Fsp3) is 0.571. The Kier molecular flexibility index (Phi) is 8.47. The first-order valence-corrected chi connectivity index (χ1v) is 10.8. The fourth-order valence-electron chi connectivity index (χ4n) is 2.11. The maximum absolute atomic E-state index is 13.2. The molecule has 0 aliphatic heterocycles. The van der Waals surface area contributed by atoms with Crippen LogP contribution < -0.4 is 5.01 Å². The van der Waals surface area contributed by atoms with Crippen molar-refractivity contribution in [1.82, 2.24) is 9.99 Å². The van der Waals surface area contributed by atoms with Crippen LogP contribution in [0.15, 0.2) is 12.3 Å². The SMILES string of the molecule is CC(C)(C)OC(=O)N(C(=O)OC(C)(C)C)N(C(=O)OC(C)(C)C)c1nccc(I)c1C#N. The summed E-state index contributed by atoms with van der Waals surface area (Å²) in [5, 5.41) is 10.6. The lowest BCUT2D eigenvalue weighted by atomic mass is 10.2. The molecular weight excluding hydrogens is 531 g/mol. The first-order valence-electron chi connectivity index (χ1n) is 9.70. The minimum Gasteiger partial charge on any atom is -0.442 e. The maximum Gasteiger partial charge on any atom is 0.440 e. The second-order valence-corrected chi connectivity index (χ2v) is 10.8. The minimum absolute atomic E-state index is 0.0453. The Hall–Kier alpha value is -2.62. The molecule has 1 heterocycles. The zero-order valence-corrected chi connectivity index (χ0v) is 21.9. The highest BCUT2D eigenvalue weighted by Crippen LogP contribution is 2.28. The van der Waals surface area contributed by atoms with Crippen molar-refractivity contribution in [2.45, 2.75) is 79.1 Å². The second kappa shape index (κ2) is 9.89. The molecule has 0 unspecified atom stereocenters. The normalized spacial score (nSPS) is 11.8. The van der Waals surface area contributed by atoms with Crippen LogP contribution in [0.4, 0.5) is 20.2 Å². The Morgan fingerprint density at radius 2 is 1.28 bits per heavy atom. The highest BCUT2D eigenvalue weighted by atomic mass is 127. The Labute approximate surface area is 201 Å². The lowest BCUT2D eigenvalue weighted by Gasteiger charge is -2.35. The van der Waals surface area contributed by atoms with E-state index in [4.69, 9.17) is 14.2 Å². The Morgan fingerprint density at radius 1 is 0.875 bits per heavy atom. The van der Waals surface area contributed by atoms with Crippen LogP contribution in [0.5, 0.6) is 0 Å². The number of amides is 3. The van der Waals surface area contributed by atoms with Gasteiger partial charge >= 0.3 is 18.3 Å². The molecule has 0 atom stereocenters. The molecule has 176 valence electrons. The van der Waals surface area contributed by atoms with E-state index in [1.54, 1.807) is 68.4 Å². The first kappa shape index (κ1) is 27.4. The number of aromatic nitrogens is 1. The third-order valence-electron chi connectivity index (χ3n) is 3.09. The van der Waals surface area contributed by atoms with Crippen molar-refractivity contribution in [3.8, 4) is 6.07 Å². The summed E-state index contributed by atoms with van der Waals surface area (Å²) in [7, 11) is 0. The average molecular weight is 560 g/mol. The van der Waals surface area contributed by atoms with Crippen LogP contribution in [0.25, 0.3) is 0 Å². The van der Waals surface area contributed by atoms with Gasteiger partial charge in [0.25, 0.3) is 0 Å². The lowest BCUT2D eigenvalue weighted by Crippen LogP contribution is -2.57. The lowest BCUT2D eigenvalue weighted by molar-refractivity contribution is -0.00689. The number of rotatable bonds is 1. The summed E-state index contributed by atoms with van der Waals surface area (Å²) in [6, 6.07) is 3.48. The van der Waals surface area contributed by atoms with E-state index < -0.39 is 35.1 Å². The molecule has 0 aliphatic carbocycles. The van der Waals surface area contributed by atoms with Crippen LogP contribution in [-0.4, -0.2) is 45.1 Å². The summed E-state index contributed by atoms with van der Waals surface area (Å²) < 4.78 is 16.5. The van der Waals surface area contributed by atoms with Gasteiger partial charge in [0.15, 0.2) is 5.82 Å². The van der Waals surface area contributed by atoms with Gasteiger partial charge in [0.2, 0.25) is 0 Å². The van der Waals surface area contributed by atoms with Crippen LogP contribution in [0, 0.1) is 14.9 Å². The number of anilines is 1.